The van der Waals surface area contributed by atoms with Gasteiger partial charge in [0.1, 0.15) is 15.2 Å². The molecule has 3 aliphatic rings. The fourth-order valence-electron chi connectivity index (χ4n) is 5.87. The summed E-state index contributed by atoms with van der Waals surface area (Å²) in [5.41, 5.74) is 1.66. The van der Waals surface area contributed by atoms with Crippen molar-refractivity contribution in [2.45, 2.75) is 61.5 Å². The lowest BCUT2D eigenvalue weighted by molar-refractivity contribution is -0.103. The van der Waals surface area contributed by atoms with Gasteiger partial charge < -0.3 is 14.2 Å². The molecule has 35 heavy (non-hydrogen) atoms. The van der Waals surface area contributed by atoms with Gasteiger partial charge in [-0.3, -0.25) is 4.79 Å². The van der Waals surface area contributed by atoms with Crippen LogP contribution in [0.4, 0.5) is 8.78 Å². The summed E-state index contributed by atoms with van der Waals surface area (Å²) in [7, 11) is -3.36. The summed E-state index contributed by atoms with van der Waals surface area (Å²) in [6, 6.07) is 8.13. The van der Waals surface area contributed by atoms with E-state index in [0.717, 1.165) is 42.7 Å². The molecule has 0 bridgehead atoms. The minimum atomic E-state index is -3.36. The molecular weight excluding hydrogens is 500 g/mol. The predicted octanol–water partition coefficient (Wildman–Crippen LogP) is 5.98. The highest BCUT2D eigenvalue weighted by molar-refractivity contribution is 7.92. The number of rotatable bonds is 6. The predicted molar refractivity (Wildman–Crippen MR) is 124 cm³/mol. The number of carbonyl (C=O) groups is 1. The topological polar surface area (TPSA) is 109 Å². The Morgan fingerprint density at radius 3 is 2.60 bits per heavy atom. The van der Waals surface area contributed by atoms with Crippen molar-refractivity contribution in [1.29, 1.82) is 4.78 Å². The number of hydrogen-bond acceptors (Lipinski definition) is 6. The number of oxazole rings is 1. The molecule has 1 unspecified atom stereocenters. The molecular formula is C24H24ClF2N3O4S. The van der Waals surface area contributed by atoms with Gasteiger partial charge in [-0.2, -0.15) is 0 Å². The summed E-state index contributed by atoms with van der Waals surface area (Å²) in [4.78, 5) is 17.2. The molecule has 0 saturated heterocycles. The lowest BCUT2D eigenvalue weighted by Gasteiger charge is -2.57. The fourth-order valence-corrected chi connectivity index (χ4v) is 7.61. The van der Waals surface area contributed by atoms with Gasteiger partial charge in [0, 0.05) is 35.6 Å². The number of furan rings is 1. The summed E-state index contributed by atoms with van der Waals surface area (Å²) in [6.45, 7) is 0. The van der Waals surface area contributed by atoms with Crippen molar-refractivity contribution < 1.29 is 26.6 Å². The molecule has 11 heteroatoms. The van der Waals surface area contributed by atoms with E-state index in [9.17, 15) is 17.8 Å². The first-order chi connectivity index (χ1) is 16.5. The molecule has 3 saturated carbocycles. The lowest BCUT2D eigenvalue weighted by atomic mass is 9.50. The molecule has 1 spiro atoms. The third-order valence-electron chi connectivity index (χ3n) is 7.54. The van der Waals surface area contributed by atoms with E-state index in [1.165, 1.54) is 12.1 Å². The van der Waals surface area contributed by atoms with Crippen molar-refractivity contribution in [2.75, 3.05) is 5.75 Å². The number of benzene rings is 1. The average molecular weight is 524 g/mol. The second-order valence-corrected chi connectivity index (χ2v) is 13.0. The molecule has 1 atom stereocenters. The van der Waals surface area contributed by atoms with E-state index < -0.39 is 27.5 Å². The number of alkyl halides is 2. The molecule has 3 aromatic rings. The van der Waals surface area contributed by atoms with E-state index in [1.54, 1.807) is 12.1 Å². The smallest absolute Gasteiger partial charge is 0.287 e. The van der Waals surface area contributed by atoms with Gasteiger partial charge in [0.05, 0.1) is 0 Å². The van der Waals surface area contributed by atoms with Gasteiger partial charge in [0.25, 0.3) is 5.91 Å². The Labute approximate surface area is 205 Å². The standard InChI is InChI=1S/C24H24ClF2N3O4S/c25-15-1-2-18-17(5-15)30-22(34-18)14-8-23(9-14)10-16(11-23)29-21(31)19-3-4-20(33-19)35(28,32)12-13-6-24(26,27)7-13/h1-5,13-14,16,28H,6-12H2,(H,29,31). The van der Waals surface area contributed by atoms with Crippen molar-refractivity contribution in [3.8, 4) is 0 Å². The van der Waals surface area contributed by atoms with Crippen LogP contribution in [0.25, 0.3) is 11.1 Å². The molecule has 3 fully saturated rings. The van der Waals surface area contributed by atoms with Crippen LogP contribution in [-0.2, 0) is 9.73 Å². The van der Waals surface area contributed by atoms with E-state index >= 15 is 0 Å². The van der Waals surface area contributed by atoms with Crippen LogP contribution in [0, 0.1) is 16.1 Å². The van der Waals surface area contributed by atoms with Crippen LogP contribution in [0.1, 0.15) is 60.9 Å². The Morgan fingerprint density at radius 1 is 1.14 bits per heavy atom. The summed E-state index contributed by atoms with van der Waals surface area (Å²) in [6.07, 6.45) is 2.88. The van der Waals surface area contributed by atoms with Gasteiger partial charge in [-0.05, 0) is 67.3 Å². The fraction of sp³-hybridized carbons (Fsp3) is 0.500. The SMILES string of the molecule is N=S(=O)(CC1CC(F)(F)C1)c1ccc(C(=O)NC2CC3(C2)CC(c2nc4cc(Cl)ccc4o2)C3)o1. The molecule has 1 aromatic carbocycles. The van der Waals surface area contributed by atoms with Crippen LogP contribution >= 0.6 is 11.6 Å². The number of hydrogen-bond donors (Lipinski definition) is 2. The van der Waals surface area contributed by atoms with E-state index in [0.29, 0.717) is 5.02 Å². The van der Waals surface area contributed by atoms with E-state index in [4.69, 9.17) is 25.2 Å². The zero-order chi connectivity index (χ0) is 24.6. The minimum absolute atomic E-state index is 0.0111. The van der Waals surface area contributed by atoms with Crippen molar-refractivity contribution in [1.82, 2.24) is 10.3 Å². The maximum atomic E-state index is 13.0. The molecule has 186 valence electrons. The maximum Gasteiger partial charge on any atom is 0.287 e. The van der Waals surface area contributed by atoms with Crippen molar-refractivity contribution in [2.24, 2.45) is 11.3 Å². The Balaban J connectivity index is 1.00. The number of halogens is 3. The zero-order valence-corrected chi connectivity index (χ0v) is 20.3. The zero-order valence-electron chi connectivity index (χ0n) is 18.7. The molecule has 6 rings (SSSR count). The largest absolute Gasteiger partial charge is 0.441 e. The Hall–Kier alpha value is -2.46. The first-order valence-corrected chi connectivity index (χ1v) is 13.7. The number of fused-ring (bicyclic) bond motifs is 1. The molecule has 2 heterocycles. The Morgan fingerprint density at radius 2 is 1.89 bits per heavy atom. The summed E-state index contributed by atoms with van der Waals surface area (Å²) in [5, 5.41) is 3.42. The molecule has 3 aliphatic carbocycles. The quantitative estimate of drug-likeness (QED) is 0.413. The van der Waals surface area contributed by atoms with Gasteiger partial charge in [-0.25, -0.2) is 22.8 Å². The molecule has 1 amide bonds. The average Bonchev–Trinajstić information content (AvgIpc) is 3.34. The van der Waals surface area contributed by atoms with Gasteiger partial charge in [-0.15, -0.1) is 0 Å². The second kappa shape index (κ2) is 7.77. The van der Waals surface area contributed by atoms with Crippen LogP contribution in [0.2, 0.25) is 5.02 Å². The molecule has 2 N–H and O–H groups in total. The third-order valence-corrected chi connectivity index (χ3v) is 9.59. The number of nitrogens with one attached hydrogen (secondary N) is 2. The summed E-state index contributed by atoms with van der Waals surface area (Å²) in [5.74, 6) is -2.84. The van der Waals surface area contributed by atoms with Crippen LogP contribution in [0.3, 0.4) is 0 Å². The number of nitrogens with zero attached hydrogens (tertiary/aromatic N) is 1. The minimum Gasteiger partial charge on any atom is -0.441 e. The first-order valence-electron chi connectivity index (χ1n) is 11.6. The van der Waals surface area contributed by atoms with Gasteiger partial charge in [0.15, 0.2) is 22.3 Å². The van der Waals surface area contributed by atoms with E-state index in [-0.39, 0.29) is 46.8 Å². The van der Waals surface area contributed by atoms with Gasteiger partial charge in [-0.1, -0.05) is 11.6 Å². The highest BCUT2D eigenvalue weighted by Gasteiger charge is 2.55. The van der Waals surface area contributed by atoms with Crippen LogP contribution in [0.5, 0.6) is 0 Å². The maximum absolute atomic E-state index is 13.0. The highest BCUT2D eigenvalue weighted by atomic mass is 35.5. The van der Waals surface area contributed by atoms with E-state index in [2.05, 4.69) is 10.3 Å². The molecule has 2 aromatic heterocycles. The number of aromatic nitrogens is 1. The van der Waals surface area contributed by atoms with Gasteiger partial charge >= 0.3 is 0 Å². The highest BCUT2D eigenvalue weighted by Crippen LogP contribution is 2.62. The number of amides is 1. The summed E-state index contributed by atoms with van der Waals surface area (Å²) >= 11 is 6.02. The monoisotopic (exact) mass is 523 g/mol. The third kappa shape index (κ3) is 4.24. The second-order valence-electron chi connectivity index (χ2n) is 10.4. The summed E-state index contributed by atoms with van der Waals surface area (Å²) < 4.78 is 58.1. The van der Waals surface area contributed by atoms with Crippen molar-refractivity contribution >= 4 is 38.3 Å². The van der Waals surface area contributed by atoms with Gasteiger partial charge in [0.2, 0.25) is 5.92 Å². The van der Waals surface area contributed by atoms with Crippen LogP contribution in [0.15, 0.2) is 44.3 Å². The normalized spacial score (nSPS) is 29.2. The first kappa shape index (κ1) is 23.0. The Kier molecular flexibility index (Phi) is 5.10. The van der Waals surface area contributed by atoms with Crippen molar-refractivity contribution in [3.05, 3.63) is 47.0 Å². The molecule has 0 radical (unpaired) electrons. The lowest BCUT2D eigenvalue weighted by Crippen LogP contribution is -2.55. The van der Waals surface area contributed by atoms with Crippen molar-refractivity contribution in [3.63, 3.8) is 0 Å². The van der Waals surface area contributed by atoms with E-state index in [1.807, 2.05) is 6.07 Å². The Bertz CT molecular complexity index is 1410. The van der Waals surface area contributed by atoms with Crippen LogP contribution < -0.4 is 5.32 Å². The number of carbonyl (C=O) groups excluding carboxylic acids is 1. The molecule has 7 nitrogen and oxygen atoms in total. The molecule has 0 aliphatic heterocycles. The van der Waals surface area contributed by atoms with Crippen LogP contribution in [-0.4, -0.2) is 32.8 Å².